The summed E-state index contributed by atoms with van der Waals surface area (Å²) in [5, 5.41) is 0. The minimum absolute atomic E-state index is 1.10. The maximum Gasteiger partial charge on any atom is 0.255 e. The van der Waals surface area contributed by atoms with Crippen molar-refractivity contribution >= 4 is 22.1 Å². The van der Waals surface area contributed by atoms with E-state index in [1.807, 2.05) is 0 Å². The van der Waals surface area contributed by atoms with Gasteiger partial charge in [-0.25, -0.2) is 4.57 Å². The lowest BCUT2D eigenvalue weighted by Gasteiger charge is -2.13. The standard InChI is InChI=1S/C39H30N4/c1-40-27-41(36-23-9-8-22-35(36)40)31-18-12-19-32(26-31)42-28-43(38-25-11-10-24-37(38)42)39-33(29-14-4-2-5-15-29)20-13-21-34(39)30-16-6-3-7-17-30/h2-28H,1H3/q+2. The first-order valence-electron chi connectivity index (χ1n) is 14.6. The average molecular weight is 555 g/mol. The summed E-state index contributed by atoms with van der Waals surface area (Å²) in [6.07, 6.45) is 4.39. The van der Waals surface area contributed by atoms with E-state index >= 15 is 0 Å². The van der Waals surface area contributed by atoms with E-state index in [0.717, 1.165) is 28.1 Å². The third-order valence-corrected chi connectivity index (χ3v) is 8.27. The van der Waals surface area contributed by atoms with Crippen LogP contribution in [0.15, 0.2) is 164 Å². The van der Waals surface area contributed by atoms with Crippen molar-refractivity contribution in [3.8, 4) is 39.3 Å². The molecule has 0 aliphatic rings. The summed E-state index contributed by atoms with van der Waals surface area (Å²) in [6, 6.07) is 53.9. The predicted molar refractivity (Wildman–Crippen MR) is 174 cm³/mol. The quantitative estimate of drug-likeness (QED) is 0.192. The Morgan fingerprint density at radius 1 is 0.442 bits per heavy atom. The molecule has 2 heterocycles. The molecule has 6 aromatic carbocycles. The van der Waals surface area contributed by atoms with Gasteiger partial charge in [-0.15, -0.1) is 0 Å². The van der Waals surface area contributed by atoms with E-state index in [4.69, 9.17) is 0 Å². The SMILES string of the molecule is C[n+]1cn(-c2cccc(-n3c[n+](-c4c(-c5ccccc5)cccc4-c4ccccc4)c4ccccc43)c2)c2ccccc21. The van der Waals surface area contributed by atoms with E-state index in [1.165, 1.54) is 33.3 Å². The molecule has 8 aromatic rings. The third-order valence-electron chi connectivity index (χ3n) is 8.27. The molecule has 0 unspecified atom stereocenters. The fourth-order valence-electron chi connectivity index (χ4n) is 6.26. The molecule has 204 valence electrons. The number of rotatable bonds is 5. The fourth-order valence-corrected chi connectivity index (χ4v) is 6.26. The van der Waals surface area contributed by atoms with E-state index in [0.29, 0.717) is 0 Å². The van der Waals surface area contributed by atoms with Gasteiger partial charge >= 0.3 is 0 Å². The Kier molecular flexibility index (Phi) is 5.97. The zero-order chi connectivity index (χ0) is 28.8. The lowest BCUT2D eigenvalue weighted by atomic mass is 9.95. The Labute approximate surface area is 250 Å². The summed E-state index contributed by atoms with van der Waals surface area (Å²) in [4.78, 5) is 0. The van der Waals surface area contributed by atoms with Crippen LogP contribution < -0.4 is 9.13 Å². The molecule has 0 aliphatic heterocycles. The second-order valence-electron chi connectivity index (χ2n) is 10.9. The molecule has 0 aliphatic carbocycles. The van der Waals surface area contributed by atoms with E-state index in [-0.39, 0.29) is 0 Å². The Balaban J connectivity index is 1.37. The number of para-hydroxylation sites is 5. The van der Waals surface area contributed by atoms with E-state index in [9.17, 15) is 0 Å². The summed E-state index contributed by atoms with van der Waals surface area (Å²) < 4.78 is 9.10. The molecule has 2 aromatic heterocycles. The fraction of sp³-hybridized carbons (Fsp3) is 0.0256. The van der Waals surface area contributed by atoms with Gasteiger partial charge in [-0.05, 0) is 47.5 Å². The summed E-state index contributed by atoms with van der Waals surface area (Å²) in [5.74, 6) is 0. The normalized spacial score (nSPS) is 11.4. The number of aryl methyl sites for hydroxylation is 1. The van der Waals surface area contributed by atoms with Gasteiger partial charge in [0, 0.05) is 17.2 Å². The lowest BCUT2D eigenvalue weighted by Crippen LogP contribution is -2.30. The van der Waals surface area contributed by atoms with Crippen LogP contribution in [0, 0.1) is 0 Å². The Bertz CT molecular complexity index is 2180. The van der Waals surface area contributed by atoms with Crippen molar-refractivity contribution in [3.05, 3.63) is 164 Å². The van der Waals surface area contributed by atoms with E-state index in [1.54, 1.807) is 0 Å². The highest BCUT2D eigenvalue weighted by molar-refractivity contribution is 5.84. The monoisotopic (exact) mass is 554 g/mol. The van der Waals surface area contributed by atoms with Crippen molar-refractivity contribution in [2.45, 2.75) is 0 Å². The Hall–Kier alpha value is -5.74. The van der Waals surface area contributed by atoms with Gasteiger partial charge in [-0.2, -0.15) is 13.7 Å². The van der Waals surface area contributed by atoms with Gasteiger partial charge in [0.15, 0.2) is 22.1 Å². The molecule has 4 nitrogen and oxygen atoms in total. The Morgan fingerprint density at radius 3 is 1.56 bits per heavy atom. The smallest absolute Gasteiger partial charge is 0.232 e. The van der Waals surface area contributed by atoms with Crippen molar-refractivity contribution in [2.24, 2.45) is 7.05 Å². The first-order valence-corrected chi connectivity index (χ1v) is 14.6. The number of hydrogen-bond acceptors (Lipinski definition) is 0. The second-order valence-corrected chi connectivity index (χ2v) is 10.9. The van der Waals surface area contributed by atoms with Crippen molar-refractivity contribution in [1.29, 1.82) is 0 Å². The molecule has 4 heteroatoms. The molecule has 0 bridgehead atoms. The van der Waals surface area contributed by atoms with Crippen LogP contribution in [0.1, 0.15) is 0 Å². The number of hydrogen-bond donors (Lipinski definition) is 0. The van der Waals surface area contributed by atoms with Crippen LogP contribution in [-0.4, -0.2) is 9.13 Å². The van der Waals surface area contributed by atoms with E-state index in [2.05, 4.69) is 190 Å². The third kappa shape index (κ3) is 4.23. The van der Waals surface area contributed by atoms with Gasteiger partial charge < -0.3 is 0 Å². The number of nitrogens with zero attached hydrogens (tertiary/aromatic N) is 4. The maximum atomic E-state index is 2.36. The van der Waals surface area contributed by atoms with Crippen molar-refractivity contribution in [1.82, 2.24) is 9.13 Å². The van der Waals surface area contributed by atoms with Gasteiger partial charge in [-0.1, -0.05) is 109 Å². The zero-order valence-electron chi connectivity index (χ0n) is 23.9. The average Bonchev–Trinajstić information content (AvgIpc) is 3.63. The first kappa shape index (κ1) is 25.0. The number of aromatic nitrogens is 4. The summed E-state index contributed by atoms with van der Waals surface area (Å²) in [7, 11) is 2.10. The number of imidazole rings is 2. The minimum Gasteiger partial charge on any atom is -0.232 e. The minimum atomic E-state index is 1.10. The van der Waals surface area contributed by atoms with Crippen LogP contribution in [0.4, 0.5) is 0 Å². The molecule has 8 rings (SSSR count). The maximum absolute atomic E-state index is 2.36. The first-order chi connectivity index (χ1) is 21.3. The van der Waals surface area contributed by atoms with Gasteiger partial charge in [0.25, 0.3) is 6.33 Å². The van der Waals surface area contributed by atoms with Gasteiger partial charge in [0.2, 0.25) is 6.33 Å². The van der Waals surface area contributed by atoms with Crippen LogP contribution in [0.25, 0.3) is 61.4 Å². The second kappa shape index (κ2) is 10.3. The van der Waals surface area contributed by atoms with Crippen LogP contribution in [0.3, 0.4) is 0 Å². The van der Waals surface area contributed by atoms with Crippen LogP contribution in [0.5, 0.6) is 0 Å². The highest BCUT2D eigenvalue weighted by atomic mass is 15.2. The summed E-state index contributed by atoms with van der Waals surface area (Å²) in [5.41, 5.74) is 12.8. The highest BCUT2D eigenvalue weighted by Gasteiger charge is 2.25. The molecule has 0 radical (unpaired) electrons. The molecule has 0 N–H and O–H groups in total. The van der Waals surface area contributed by atoms with Gasteiger partial charge in [-0.3, -0.25) is 0 Å². The summed E-state index contributed by atoms with van der Waals surface area (Å²) >= 11 is 0. The molecule has 0 saturated carbocycles. The van der Waals surface area contributed by atoms with Crippen LogP contribution >= 0.6 is 0 Å². The molecule has 0 fully saturated rings. The van der Waals surface area contributed by atoms with Crippen molar-refractivity contribution < 1.29 is 9.13 Å². The number of fused-ring (bicyclic) bond motifs is 2. The number of benzene rings is 6. The lowest BCUT2D eigenvalue weighted by molar-refractivity contribution is -0.645. The molecular weight excluding hydrogens is 524 g/mol. The molecule has 0 atom stereocenters. The largest absolute Gasteiger partial charge is 0.255 e. The zero-order valence-corrected chi connectivity index (χ0v) is 23.9. The molecule has 43 heavy (non-hydrogen) atoms. The predicted octanol–water partition coefficient (Wildman–Crippen LogP) is 8.01. The molecule has 0 amide bonds. The van der Waals surface area contributed by atoms with Crippen LogP contribution in [0.2, 0.25) is 0 Å². The summed E-state index contributed by atoms with van der Waals surface area (Å²) in [6.45, 7) is 0. The Morgan fingerprint density at radius 2 is 0.930 bits per heavy atom. The van der Waals surface area contributed by atoms with Crippen molar-refractivity contribution in [2.75, 3.05) is 0 Å². The molecule has 0 saturated heterocycles. The van der Waals surface area contributed by atoms with E-state index < -0.39 is 0 Å². The topological polar surface area (TPSA) is 17.6 Å². The highest BCUT2D eigenvalue weighted by Crippen LogP contribution is 2.34. The van der Waals surface area contributed by atoms with Gasteiger partial charge in [0.05, 0.1) is 7.05 Å². The molecular formula is C39H30N4+2. The van der Waals surface area contributed by atoms with Gasteiger partial charge in [0.1, 0.15) is 17.1 Å². The van der Waals surface area contributed by atoms with Crippen molar-refractivity contribution in [3.63, 3.8) is 0 Å². The molecule has 0 spiro atoms. The van der Waals surface area contributed by atoms with Crippen LogP contribution in [-0.2, 0) is 7.05 Å².